The molecule has 1 heterocycles. The van der Waals surface area contributed by atoms with Gasteiger partial charge in [0.1, 0.15) is 11.2 Å². The predicted molar refractivity (Wildman–Crippen MR) is 91.6 cm³/mol. The highest BCUT2D eigenvalue weighted by Crippen LogP contribution is 2.26. The van der Waals surface area contributed by atoms with Crippen LogP contribution < -0.4 is 0 Å². The van der Waals surface area contributed by atoms with Gasteiger partial charge in [-0.15, -0.1) is 0 Å². The second-order valence-corrected chi connectivity index (χ2v) is 6.59. The quantitative estimate of drug-likeness (QED) is 0.136. The van der Waals surface area contributed by atoms with E-state index >= 15 is 0 Å². The lowest BCUT2D eigenvalue weighted by Gasteiger charge is -2.29. The number of benzene rings is 1. The van der Waals surface area contributed by atoms with Gasteiger partial charge in [0.05, 0.1) is 0 Å². The Morgan fingerprint density at radius 3 is 2.07 bits per heavy atom. The molecule has 144 valence electrons. The third kappa shape index (κ3) is 5.10. The molecule has 1 aromatic carbocycles. The maximum atomic E-state index is 12.1. The molecule has 0 bridgehead atoms. The van der Waals surface area contributed by atoms with Crippen molar-refractivity contribution in [2.75, 3.05) is 0 Å². The molecule has 0 amide bonds. The van der Waals surface area contributed by atoms with Crippen LogP contribution in [-0.4, -0.2) is 23.7 Å². The monoisotopic (exact) mass is 376 g/mol. The summed E-state index contributed by atoms with van der Waals surface area (Å²) in [5.41, 5.74) is -0.711. The van der Waals surface area contributed by atoms with Gasteiger partial charge in [0, 0.05) is 13.8 Å². The normalized spacial score (nSPS) is 11.6. The number of hydrogen-bond acceptors (Lipinski definition) is 8. The minimum atomic E-state index is -1.70. The van der Waals surface area contributed by atoms with E-state index < -0.39 is 34.9 Å². The third-order valence-corrected chi connectivity index (χ3v) is 3.51. The topological polar surface area (TPSA) is 105 Å². The molecule has 0 atom stereocenters. The Kier molecular flexibility index (Phi) is 5.58. The van der Waals surface area contributed by atoms with Crippen LogP contribution >= 0.6 is 0 Å². The van der Waals surface area contributed by atoms with Crippen molar-refractivity contribution in [2.24, 2.45) is 0 Å². The molecule has 0 radical (unpaired) electrons. The van der Waals surface area contributed by atoms with Gasteiger partial charge in [-0.25, -0.2) is 9.59 Å². The van der Waals surface area contributed by atoms with Crippen molar-refractivity contribution < 1.29 is 37.7 Å². The number of ketones is 1. The van der Waals surface area contributed by atoms with E-state index in [0.29, 0.717) is 0 Å². The minimum absolute atomic E-state index is 0.181. The fraction of sp³-hybridized carbons (Fsp3) is 0.316. The molecule has 2 aromatic rings. The summed E-state index contributed by atoms with van der Waals surface area (Å²) in [5, 5.41) is 0. The fourth-order valence-electron chi connectivity index (χ4n) is 2.06. The summed E-state index contributed by atoms with van der Waals surface area (Å²) < 4.78 is 24.1. The molecule has 0 aliphatic heterocycles. The lowest BCUT2D eigenvalue weighted by atomic mass is 9.98. The maximum Gasteiger partial charge on any atom is 0.512 e. The zero-order chi connectivity index (χ0) is 20.2. The van der Waals surface area contributed by atoms with Crippen LogP contribution in [0.5, 0.6) is 0 Å². The van der Waals surface area contributed by atoms with E-state index in [1.165, 1.54) is 13.8 Å². The van der Waals surface area contributed by atoms with Crippen molar-refractivity contribution in [2.45, 2.75) is 39.1 Å². The van der Waals surface area contributed by atoms with E-state index in [4.69, 9.17) is 14.2 Å². The van der Waals surface area contributed by atoms with Gasteiger partial charge >= 0.3 is 12.1 Å². The highest BCUT2D eigenvalue weighted by Gasteiger charge is 2.35. The first-order chi connectivity index (χ1) is 12.5. The Morgan fingerprint density at radius 2 is 1.56 bits per heavy atom. The first kappa shape index (κ1) is 20.0. The molecule has 2 rings (SSSR count). The van der Waals surface area contributed by atoms with Gasteiger partial charge in [-0.05, 0) is 19.4 Å². The number of ether oxygens (including phenoxy) is 3. The fourth-order valence-corrected chi connectivity index (χ4v) is 2.06. The van der Waals surface area contributed by atoms with E-state index in [0.717, 1.165) is 11.8 Å². The number of carbonyl (C=O) groups is 3. The summed E-state index contributed by atoms with van der Waals surface area (Å²) in [5.74, 6) is -3.75. The van der Waals surface area contributed by atoms with Gasteiger partial charge < -0.3 is 14.2 Å². The summed E-state index contributed by atoms with van der Waals surface area (Å²) >= 11 is 0. The zero-order valence-corrected chi connectivity index (χ0v) is 15.4. The van der Waals surface area contributed by atoms with Crippen molar-refractivity contribution in [3.8, 4) is 0 Å². The van der Waals surface area contributed by atoms with Crippen LogP contribution in [0.25, 0.3) is 0 Å². The Labute approximate surface area is 155 Å². The van der Waals surface area contributed by atoms with E-state index in [1.807, 2.05) is 18.2 Å². The lowest BCUT2D eigenvalue weighted by Crippen LogP contribution is -2.37. The molecule has 0 saturated carbocycles. The molecule has 8 heteroatoms. The van der Waals surface area contributed by atoms with Crippen LogP contribution in [0.4, 0.5) is 4.79 Å². The van der Waals surface area contributed by atoms with E-state index in [2.05, 4.69) is 15.7 Å². The number of rotatable bonds is 7. The van der Waals surface area contributed by atoms with Gasteiger partial charge in [-0.1, -0.05) is 36.9 Å². The number of hydrogen-bond donors (Lipinski definition) is 0. The van der Waals surface area contributed by atoms with Crippen LogP contribution in [0.3, 0.4) is 0 Å². The smallest absolute Gasteiger partial charge is 0.423 e. The van der Waals surface area contributed by atoms with Crippen LogP contribution in [-0.2, 0) is 24.6 Å². The zero-order valence-electron chi connectivity index (χ0n) is 15.4. The summed E-state index contributed by atoms with van der Waals surface area (Å²) in [6, 6.07) is 9.06. The van der Waals surface area contributed by atoms with Gasteiger partial charge in [0.25, 0.3) is 11.5 Å². The van der Waals surface area contributed by atoms with Crippen molar-refractivity contribution in [3.05, 3.63) is 60.1 Å². The largest absolute Gasteiger partial charge is 0.512 e. The first-order valence-corrected chi connectivity index (χ1v) is 8.00. The number of esters is 1. The molecule has 8 nitrogen and oxygen atoms in total. The Morgan fingerprint density at radius 1 is 0.963 bits per heavy atom. The van der Waals surface area contributed by atoms with Crippen LogP contribution in [0.2, 0.25) is 0 Å². The standard InChI is InChI=1S/C19H20O8/c1-12(15(20)14-11-23-27-14)16(21)24-19(4,5)26-17(22)25-18(2,3)13-9-7-6-8-10-13/h6-11H,1H2,2-5H3. The molecular weight excluding hydrogens is 356 g/mol. The summed E-state index contributed by atoms with van der Waals surface area (Å²) in [4.78, 5) is 36.0. The van der Waals surface area contributed by atoms with Crippen molar-refractivity contribution in [1.29, 1.82) is 0 Å². The van der Waals surface area contributed by atoms with Crippen molar-refractivity contribution in [1.82, 2.24) is 0 Å². The summed E-state index contributed by atoms with van der Waals surface area (Å²) in [6.45, 7) is 9.37. The maximum absolute atomic E-state index is 12.1. The minimum Gasteiger partial charge on any atom is -0.423 e. The summed E-state index contributed by atoms with van der Waals surface area (Å²) in [6.07, 6.45) is -0.0251. The van der Waals surface area contributed by atoms with Crippen LogP contribution in [0.1, 0.15) is 43.8 Å². The van der Waals surface area contributed by atoms with Gasteiger partial charge in [-0.2, -0.15) is 0 Å². The van der Waals surface area contributed by atoms with E-state index in [9.17, 15) is 14.4 Å². The number of Topliss-reactive ketones (excluding diaryl/α,β-unsaturated/α-hetero) is 1. The van der Waals surface area contributed by atoms with Crippen LogP contribution in [0.15, 0.2) is 57.9 Å². The van der Waals surface area contributed by atoms with Crippen molar-refractivity contribution >= 4 is 17.9 Å². The predicted octanol–water partition coefficient (Wildman–Crippen LogP) is 3.98. The van der Waals surface area contributed by atoms with Gasteiger partial charge in [-0.3, -0.25) is 13.9 Å². The SMILES string of the molecule is C=C(C(=O)OC(C)(C)OC(=O)OC(C)(C)c1ccccc1)C(=O)c1coo1. The average molecular weight is 376 g/mol. The molecule has 1 aromatic heterocycles. The highest BCUT2D eigenvalue weighted by atomic mass is 17.0. The molecule has 0 unspecified atom stereocenters. The van der Waals surface area contributed by atoms with Gasteiger partial charge in [0.15, 0.2) is 6.26 Å². The van der Waals surface area contributed by atoms with E-state index in [1.54, 1.807) is 26.0 Å². The van der Waals surface area contributed by atoms with E-state index in [-0.39, 0.29) is 5.76 Å². The molecule has 0 spiro atoms. The highest BCUT2D eigenvalue weighted by molar-refractivity contribution is 6.22. The summed E-state index contributed by atoms with van der Waals surface area (Å²) in [7, 11) is 0. The second kappa shape index (κ2) is 7.53. The number of carbonyl (C=O) groups excluding carboxylic acids is 3. The first-order valence-electron chi connectivity index (χ1n) is 8.00. The second-order valence-electron chi connectivity index (χ2n) is 6.59. The third-order valence-electron chi connectivity index (χ3n) is 3.51. The Balaban J connectivity index is 1.95. The Hall–Kier alpha value is -3.29. The molecule has 0 aliphatic rings. The molecule has 0 aliphatic carbocycles. The molecule has 0 fully saturated rings. The van der Waals surface area contributed by atoms with Gasteiger partial charge in [0.2, 0.25) is 5.78 Å². The van der Waals surface area contributed by atoms with Crippen LogP contribution in [0, 0.1) is 0 Å². The van der Waals surface area contributed by atoms with Crippen molar-refractivity contribution in [3.63, 3.8) is 0 Å². The molecule has 0 saturated heterocycles. The molecule has 27 heavy (non-hydrogen) atoms. The molecular formula is C19H20O8. The average Bonchev–Trinajstić information content (AvgIpc) is 2.51. The lowest BCUT2D eigenvalue weighted by molar-refractivity contribution is -0.200. The Bertz CT molecular complexity index is 829. The molecule has 0 N–H and O–H groups in total.